The van der Waals surface area contributed by atoms with Gasteiger partial charge in [-0.2, -0.15) is 14.0 Å². The third-order valence-electron chi connectivity index (χ3n) is 3.62. The lowest BCUT2D eigenvalue weighted by atomic mass is 9.76. The average molecular weight is 308 g/mol. The molecule has 1 aliphatic carbocycles. The number of rotatable bonds is 1. The minimum atomic E-state index is -4.69. The van der Waals surface area contributed by atoms with E-state index in [2.05, 4.69) is 18.7 Å². The van der Waals surface area contributed by atoms with Gasteiger partial charge in [-0.15, -0.1) is 0 Å². The van der Waals surface area contributed by atoms with E-state index in [0.29, 0.717) is 5.78 Å². The highest BCUT2D eigenvalue weighted by molar-refractivity contribution is 5.96. The zero-order valence-electron chi connectivity index (χ0n) is 12.1. The first-order valence-corrected chi connectivity index (χ1v) is 7.87. The Hall–Kier alpha value is -0.660. The van der Waals surface area contributed by atoms with Gasteiger partial charge in [-0.05, 0) is 31.6 Å². The van der Waals surface area contributed by atoms with Crippen molar-refractivity contribution in [2.24, 2.45) is 5.41 Å². The Morgan fingerprint density at radius 1 is 1.15 bits per heavy atom. The molecule has 0 amide bonds. The van der Waals surface area contributed by atoms with Crippen LogP contribution in [0.1, 0.15) is 46.5 Å². The monoisotopic (exact) mass is 307 g/mol. The summed E-state index contributed by atoms with van der Waals surface area (Å²) in [6, 6.07) is 0. The Bertz CT molecular complexity index is 388. The van der Waals surface area contributed by atoms with Crippen molar-refractivity contribution in [2.45, 2.75) is 46.5 Å². The SMILES string of the molecule is CC1=C(N2CCCC2)CC(C)(C)CC1=O.[O-][Cl+3]([O-])([O-])O. The molecular formula is C13H22ClNO5. The summed E-state index contributed by atoms with van der Waals surface area (Å²) in [5, 5.41) is 0. The Kier molecular flexibility index (Phi) is 5.57. The first-order valence-electron chi connectivity index (χ1n) is 6.61. The number of carbonyl (C=O) groups excluding carboxylic acids is 1. The largest absolute Gasteiger partial charge is 0.374 e. The van der Waals surface area contributed by atoms with E-state index >= 15 is 0 Å². The Morgan fingerprint density at radius 2 is 1.60 bits per heavy atom. The van der Waals surface area contributed by atoms with E-state index in [0.717, 1.165) is 31.5 Å². The number of hydrogen-bond donors (Lipinski definition) is 1. The molecule has 0 aromatic rings. The molecule has 1 N–H and O–H groups in total. The van der Waals surface area contributed by atoms with E-state index in [9.17, 15) is 4.79 Å². The number of carbonyl (C=O) groups is 1. The van der Waals surface area contributed by atoms with Crippen LogP contribution in [0.5, 0.6) is 0 Å². The summed E-state index contributed by atoms with van der Waals surface area (Å²) in [7, 11) is -4.69. The second-order valence-electron chi connectivity index (χ2n) is 6.10. The number of Topliss-reactive ketones (excluding diaryl/α,β-unsaturated/α-hetero) is 1. The van der Waals surface area contributed by atoms with Crippen molar-refractivity contribution in [3.63, 3.8) is 0 Å². The molecule has 0 saturated carbocycles. The van der Waals surface area contributed by atoms with Crippen molar-refractivity contribution in [1.82, 2.24) is 4.90 Å². The van der Waals surface area contributed by atoms with Crippen LogP contribution >= 0.6 is 0 Å². The van der Waals surface area contributed by atoms with E-state index in [4.69, 9.17) is 18.6 Å². The van der Waals surface area contributed by atoms with Crippen molar-refractivity contribution in [2.75, 3.05) is 13.1 Å². The fraction of sp³-hybridized carbons (Fsp3) is 0.769. The highest BCUT2D eigenvalue weighted by Gasteiger charge is 2.33. The van der Waals surface area contributed by atoms with Gasteiger partial charge in [0.25, 0.3) is 0 Å². The molecule has 20 heavy (non-hydrogen) atoms. The van der Waals surface area contributed by atoms with E-state index in [1.165, 1.54) is 18.5 Å². The Morgan fingerprint density at radius 3 is 2.05 bits per heavy atom. The van der Waals surface area contributed by atoms with Crippen LogP contribution in [-0.2, 0) is 4.79 Å². The van der Waals surface area contributed by atoms with Crippen LogP contribution in [0.25, 0.3) is 0 Å². The summed E-state index contributed by atoms with van der Waals surface area (Å²) in [5.74, 6) is 0.355. The molecule has 1 heterocycles. The maximum atomic E-state index is 11.9. The topological polar surface area (TPSA) is 110 Å². The molecule has 0 bridgehead atoms. The van der Waals surface area contributed by atoms with Crippen LogP contribution in [0, 0.1) is 15.7 Å². The number of likely N-dealkylation sites (tertiary alicyclic amines) is 1. The normalized spacial score (nSPS) is 22.8. The van der Waals surface area contributed by atoms with Gasteiger partial charge in [-0.25, -0.2) is 0 Å². The standard InChI is InChI=1S/C13H21NO.ClHO4/c1-10-11(14-6-4-5-7-14)8-13(2,3)9-12(10)15;2-1(3,4)5/h4-9H2,1-3H3;(H,2,3,4,5). The lowest BCUT2D eigenvalue weighted by Crippen LogP contribution is -2.58. The quantitative estimate of drug-likeness (QED) is 0.639. The van der Waals surface area contributed by atoms with Gasteiger partial charge in [0.1, 0.15) is 0 Å². The van der Waals surface area contributed by atoms with Gasteiger partial charge >= 0.3 is 0 Å². The number of nitrogens with zero attached hydrogens (tertiary/aromatic N) is 1. The summed E-state index contributed by atoms with van der Waals surface area (Å²) < 4.78 is 32.7. The zero-order valence-corrected chi connectivity index (χ0v) is 12.9. The summed E-state index contributed by atoms with van der Waals surface area (Å²) >= 11 is 0. The third-order valence-corrected chi connectivity index (χ3v) is 3.62. The second kappa shape index (κ2) is 6.41. The molecule has 116 valence electrons. The molecular weight excluding hydrogens is 286 g/mol. The van der Waals surface area contributed by atoms with Crippen LogP contribution in [0.3, 0.4) is 0 Å². The van der Waals surface area contributed by atoms with Gasteiger partial charge in [-0.1, -0.05) is 13.8 Å². The van der Waals surface area contributed by atoms with E-state index in [1.54, 1.807) is 0 Å². The van der Waals surface area contributed by atoms with E-state index in [-0.39, 0.29) is 5.41 Å². The first-order chi connectivity index (χ1) is 8.99. The molecule has 1 fully saturated rings. The number of allylic oxidation sites excluding steroid dienone is 2. The maximum Gasteiger partial charge on any atom is 0.160 e. The highest BCUT2D eigenvalue weighted by atomic mass is 35.7. The van der Waals surface area contributed by atoms with Gasteiger partial charge in [0, 0.05) is 30.8 Å². The van der Waals surface area contributed by atoms with Crippen molar-refractivity contribution >= 4 is 5.78 Å². The van der Waals surface area contributed by atoms with Gasteiger partial charge in [-0.3, -0.25) is 4.79 Å². The van der Waals surface area contributed by atoms with Crippen LogP contribution in [0.15, 0.2) is 11.3 Å². The molecule has 0 radical (unpaired) electrons. The molecule has 0 spiro atoms. The molecule has 1 saturated heterocycles. The molecule has 0 aromatic heterocycles. The van der Waals surface area contributed by atoms with Crippen LogP contribution in [0.4, 0.5) is 0 Å². The van der Waals surface area contributed by atoms with Crippen molar-refractivity contribution < 1.29 is 33.7 Å². The van der Waals surface area contributed by atoms with Gasteiger partial charge in [0.05, 0.1) is 14.9 Å². The second-order valence-corrected chi connectivity index (χ2v) is 6.89. The highest BCUT2D eigenvalue weighted by Crippen LogP contribution is 2.38. The molecule has 0 atom stereocenters. The minimum Gasteiger partial charge on any atom is -0.374 e. The smallest absolute Gasteiger partial charge is 0.160 e. The van der Waals surface area contributed by atoms with Gasteiger partial charge < -0.3 is 4.90 Å². The lowest BCUT2D eigenvalue weighted by molar-refractivity contribution is -1.92. The van der Waals surface area contributed by atoms with E-state index < -0.39 is 10.2 Å². The molecule has 7 heteroatoms. The summed E-state index contributed by atoms with van der Waals surface area (Å²) in [6.07, 6.45) is 4.36. The molecule has 2 aliphatic rings. The number of hydrogen-bond acceptors (Lipinski definition) is 6. The van der Waals surface area contributed by atoms with Crippen molar-refractivity contribution in [3.05, 3.63) is 11.3 Å². The fourth-order valence-corrected chi connectivity index (χ4v) is 2.71. The summed E-state index contributed by atoms with van der Waals surface area (Å²) in [4.78, 5) is 14.3. The van der Waals surface area contributed by atoms with Crippen LogP contribution < -0.4 is 14.0 Å². The van der Waals surface area contributed by atoms with Crippen molar-refractivity contribution in [1.29, 1.82) is 0 Å². The number of ketones is 1. The summed E-state index contributed by atoms with van der Waals surface area (Å²) in [6.45, 7) is 8.71. The molecule has 6 nitrogen and oxygen atoms in total. The third kappa shape index (κ3) is 5.76. The predicted molar refractivity (Wildman–Crippen MR) is 63.7 cm³/mol. The van der Waals surface area contributed by atoms with Crippen molar-refractivity contribution in [3.8, 4) is 0 Å². The zero-order chi connectivity index (χ0) is 15.6. The fourth-order valence-electron chi connectivity index (χ4n) is 2.71. The molecule has 0 aromatic carbocycles. The predicted octanol–water partition coefficient (Wildman–Crippen LogP) is -1.38. The van der Waals surface area contributed by atoms with Crippen LogP contribution in [-0.4, -0.2) is 28.4 Å². The van der Waals surface area contributed by atoms with E-state index in [1.807, 2.05) is 6.92 Å². The first kappa shape index (κ1) is 17.4. The summed E-state index contributed by atoms with van der Waals surface area (Å²) in [5.41, 5.74) is 2.51. The molecule has 1 aliphatic heterocycles. The lowest BCUT2D eigenvalue weighted by Gasteiger charge is -2.35. The average Bonchev–Trinajstić information content (AvgIpc) is 2.73. The number of halogens is 1. The Labute approximate surface area is 121 Å². The van der Waals surface area contributed by atoms with Gasteiger partial charge in [0.2, 0.25) is 0 Å². The molecule has 2 rings (SSSR count). The van der Waals surface area contributed by atoms with Gasteiger partial charge in [0.15, 0.2) is 5.78 Å². The maximum absolute atomic E-state index is 11.9. The molecule has 0 unspecified atom stereocenters. The van der Waals surface area contributed by atoms with Crippen LogP contribution in [0.2, 0.25) is 0 Å². The minimum absolute atomic E-state index is 0.161. The Balaban J connectivity index is 0.000000347.